The van der Waals surface area contributed by atoms with Crippen LogP contribution in [0.1, 0.15) is 98.1 Å². The van der Waals surface area contributed by atoms with Crippen LogP contribution in [0.25, 0.3) is 11.2 Å². The number of fused-ring (bicyclic) bond motifs is 1. The van der Waals surface area contributed by atoms with E-state index in [-0.39, 0.29) is 41.6 Å². The molecule has 8 unspecified atom stereocenters. The highest BCUT2D eigenvalue weighted by Crippen LogP contribution is 2.61. The fourth-order valence-corrected chi connectivity index (χ4v) is 9.85. The van der Waals surface area contributed by atoms with Crippen LogP contribution >= 0.6 is 35.2 Å². The summed E-state index contributed by atoms with van der Waals surface area (Å²) in [6.45, 7) is 4.82. The average molecular weight is 964 g/mol. The molecule has 0 bridgehead atoms. The fourth-order valence-electron chi connectivity index (χ4n) is 6.19. The Kier molecular flexibility index (Phi) is 21.5. The summed E-state index contributed by atoms with van der Waals surface area (Å²) in [5, 5.41) is 26.6. The Morgan fingerprint density at radius 3 is 2.32 bits per heavy atom. The Balaban J connectivity index is 1.39. The molecule has 2 aromatic heterocycles. The zero-order chi connectivity index (χ0) is 46.3. The summed E-state index contributed by atoms with van der Waals surface area (Å²) in [5.41, 5.74) is 4.28. The number of amides is 2. The molecule has 1 saturated heterocycles. The lowest BCUT2D eigenvalue weighted by molar-refractivity contribution is -0.137. The minimum Gasteiger partial charge on any atom is -0.386 e. The number of imidazole rings is 1. The smallest absolute Gasteiger partial charge is 0.386 e. The zero-order valence-electron chi connectivity index (χ0n) is 35.0. The molecule has 0 aliphatic carbocycles. The molecule has 0 spiro atoms. The molecule has 1 aliphatic heterocycles. The van der Waals surface area contributed by atoms with Crippen LogP contribution in [0.3, 0.4) is 0 Å². The average Bonchev–Trinajstić information content (AvgIpc) is 3.74. The Bertz CT molecular complexity index is 1920. The number of phosphoric acid groups is 3. The second kappa shape index (κ2) is 24.7. The molecule has 0 aromatic carbocycles. The van der Waals surface area contributed by atoms with Crippen LogP contribution in [-0.2, 0) is 50.7 Å². The molecule has 2 amide bonds. The summed E-state index contributed by atoms with van der Waals surface area (Å²) in [6, 6.07) is 0. The predicted octanol–water partition coefficient (Wildman–Crippen LogP) is 2.83. The van der Waals surface area contributed by atoms with Gasteiger partial charge in [-0.1, -0.05) is 90.8 Å². The lowest BCUT2D eigenvalue weighted by Gasteiger charge is -2.30. The quantitative estimate of drug-likeness (QED) is 0.0418. The second-order valence-corrected chi connectivity index (χ2v) is 20.9. The van der Waals surface area contributed by atoms with E-state index in [9.17, 15) is 57.9 Å². The van der Waals surface area contributed by atoms with E-state index in [1.807, 2.05) is 0 Å². The fraction of sp³-hybridized carbons (Fsp3) is 0.765. The zero-order valence-corrected chi connectivity index (χ0v) is 38.5. The van der Waals surface area contributed by atoms with Crippen molar-refractivity contribution in [1.29, 1.82) is 0 Å². The van der Waals surface area contributed by atoms with E-state index in [2.05, 4.69) is 48.3 Å². The maximum absolute atomic E-state index is 12.7. The molecule has 24 nitrogen and oxygen atoms in total. The van der Waals surface area contributed by atoms with Gasteiger partial charge in [-0.25, -0.2) is 28.6 Å². The summed E-state index contributed by atoms with van der Waals surface area (Å²) in [5.74, 6) is -0.743. The van der Waals surface area contributed by atoms with Crippen molar-refractivity contribution in [1.82, 2.24) is 30.2 Å². The van der Waals surface area contributed by atoms with Gasteiger partial charge in [-0.15, -0.1) is 0 Å². The van der Waals surface area contributed by atoms with Gasteiger partial charge < -0.3 is 50.9 Å². The number of ether oxygens (including phenoxy) is 1. The molecule has 2 aromatic rings. The van der Waals surface area contributed by atoms with Crippen LogP contribution in [-0.4, -0.2) is 123 Å². The molecular weight excluding hydrogens is 903 g/mol. The minimum atomic E-state index is -5.57. The minimum absolute atomic E-state index is 0.0330. The van der Waals surface area contributed by atoms with E-state index >= 15 is 0 Å². The van der Waals surface area contributed by atoms with Gasteiger partial charge in [-0.2, -0.15) is 4.31 Å². The van der Waals surface area contributed by atoms with E-state index in [1.165, 1.54) is 52.4 Å². The molecule has 8 atom stereocenters. The third kappa shape index (κ3) is 18.2. The Labute approximate surface area is 363 Å². The Morgan fingerprint density at radius 2 is 1.65 bits per heavy atom. The maximum atomic E-state index is 12.7. The number of hydrogen-bond donors (Lipinski definition) is 9. The van der Waals surface area contributed by atoms with E-state index in [1.54, 1.807) is 0 Å². The van der Waals surface area contributed by atoms with Gasteiger partial charge in [0.05, 0.1) is 19.5 Å². The van der Waals surface area contributed by atoms with Gasteiger partial charge in [0.1, 0.15) is 36.3 Å². The third-order valence-corrected chi connectivity index (χ3v) is 13.6. The molecular formula is C34H60N7O17P3S. The van der Waals surface area contributed by atoms with Crippen molar-refractivity contribution in [2.45, 2.75) is 123 Å². The molecule has 3 rings (SSSR count). The van der Waals surface area contributed by atoms with Crippen LogP contribution < -0.4 is 16.4 Å². The van der Waals surface area contributed by atoms with Gasteiger partial charge in [-0.05, 0) is 5.92 Å². The normalized spacial score (nSPS) is 21.3. The van der Waals surface area contributed by atoms with Crippen LogP contribution in [0.2, 0.25) is 0 Å². The molecule has 3 heterocycles. The van der Waals surface area contributed by atoms with Crippen molar-refractivity contribution < 1.29 is 80.5 Å². The first-order valence-electron chi connectivity index (χ1n) is 20.0. The number of phosphoric ester groups is 3. The summed E-state index contributed by atoms with van der Waals surface area (Å²) >= 11 is 1.15. The topological polar surface area (TPSA) is 364 Å². The highest BCUT2D eigenvalue weighted by molar-refractivity contribution is 8.13. The lowest BCUT2D eigenvalue weighted by Crippen LogP contribution is -2.46. The van der Waals surface area contributed by atoms with Crippen molar-refractivity contribution in [3.63, 3.8) is 0 Å². The number of anilines is 1. The molecule has 0 saturated carbocycles. The summed E-state index contributed by atoms with van der Waals surface area (Å²) < 4.78 is 62.3. The number of carbonyl (C=O) groups is 3. The van der Waals surface area contributed by atoms with Crippen LogP contribution in [0.4, 0.5) is 5.82 Å². The van der Waals surface area contributed by atoms with Gasteiger partial charge >= 0.3 is 23.5 Å². The van der Waals surface area contributed by atoms with Crippen LogP contribution in [0.15, 0.2) is 12.7 Å². The lowest BCUT2D eigenvalue weighted by atomic mass is 9.87. The first-order valence-corrected chi connectivity index (χ1v) is 25.5. The number of aromatic nitrogens is 4. The van der Waals surface area contributed by atoms with Crippen LogP contribution in [0, 0.1) is 11.3 Å². The molecule has 354 valence electrons. The van der Waals surface area contributed by atoms with Crippen molar-refractivity contribution >= 4 is 69.1 Å². The number of unbranched alkanes of at least 4 members (excludes halogenated alkanes) is 6. The molecule has 10 N–H and O–H groups in total. The predicted molar refractivity (Wildman–Crippen MR) is 223 cm³/mol. The molecule has 62 heavy (non-hydrogen) atoms. The van der Waals surface area contributed by atoms with Crippen molar-refractivity contribution in [2.24, 2.45) is 11.3 Å². The number of carbonyl (C=O) groups excluding carboxylic acids is 3. The molecule has 1 aliphatic rings. The summed E-state index contributed by atoms with van der Waals surface area (Å²) in [7, 11) is -16.4. The van der Waals surface area contributed by atoms with E-state index in [0.717, 1.165) is 41.8 Å². The first-order chi connectivity index (χ1) is 28.9. The SMILES string of the molecule is CCCCCCCCCC(C)CC(=O)SCCNC(=O)CCNC(=O)C(O)C(C)(C)COP(=O)(O)OP(=O)(O)OCC1OC(n2cnc3c(N)ncnc32)C(O)C1OP(=O)(O)O. The Hall–Kier alpha value is -2.44. The van der Waals surface area contributed by atoms with Gasteiger partial charge in [0, 0.05) is 37.1 Å². The highest BCUT2D eigenvalue weighted by atomic mass is 32.2. The number of nitrogens with one attached hydrogen (secondary N) is 2. The first kappa shape index (κ1) is 53.9. The number of aliphatic hydroxyl groups is 2. The monoisotopic (exact) mass is 963 g/mol. The standard InChI is InChI=1S/C34H60N7O17P3S/c1-5-6-7-8-9-10-11-12-22(2)17-25(43)62-16-15-36-24(42)13-14-37-32(46)29(45)34(3,4)19-55-61(52,53)58-60(50,51)54-18-23-28(57-59(47,48)49)27(44)33(56-23)41-21-40-26-30(35)38-20-39-31(26)41/h20-23,27-29,33,44-45H,5-19H2,1-4H3,(H,36,42)(H,37,46)(H,50,51)(H,52,53)(H2,35,38,39)(H2,47,48,49). The molecule has 28 heteroatoms. The summed E-state index contributed by atoms with van der Waals surface area (Å²) in [4.78, 5) is 88.3. The molecule has 1 fully saturated rings. The van der Waals surface area contributed by atoms with E-state index in [0.29, 0.717) is 18.1 Å². The van der Waals surface area contributed by atoms with Crippen LogP contribution in [0.5, 0.6) is 0 Å². The second-order valence-electron chi connectivity index (χ2n) is 15.5. The van der Waals surface area contributed by atoms with Gasteiger partial charge in [0.25, 0.3) is 0 Å². The number of rotatable bonds is 29. The molecule has 0 radical (unpaired) electrons. The van der Waals surface area contributed by atoms with Gasteiger partial charge in [0.15, 0.2) is 22.8 Å². The van der Waals surface area contributed by atoms with E-state index in [4.69, 9.17) is 19.5 Å². The van der Waals surface area contributed by atoms with Gasteiger partial charge in [0.2, 0.25) is 11.8 Å². The number of nitrogens with two attached hydrogens (primary N) is 1. The number of hydrogen-bond acceptors (Lipinski definition) is 18. The number of nitrogen functional groups attached to an aromatic ring is 1. The van der Waals surface area contributed by atoms with Crippen molar-refractivity contribution in [2.75, 3.05) is 37.8 Å². The largest absolute Gasteiger partial charge is 0.481 e. The maximum Gasteiger partial charge on any atom is 0.481 e. The highest BCUT2D eigenvalue weighted by Gasteiger charge is 2.50. The number of nitrogens with zero attached hydrogens (tertiary/aromatic N) is 4. The summed E-state index contributed by atoms with van der Waals surface area (Å²) in [6.07, 6.45) is 3.10. The van der Waals surface area contributed by atoms with Crippen molar-refractivity contribution in [3.05, 3.63) is 12.7 Å². The van der Waals surface area contributed by atoms with Gasteiger partial charge in [-0.3, -0.25) is 32.5 Å². The number of aliphatic hydroxyl groups excluding tert-OH is 2. The number of thioether (sulfide) groups is 1. The third-order valence-electron chi connectivity index (χ3n) is 9.58. The Morgan fingerprint density at radius 1 is 0.984 bits per heavy atom. The van der Waals surface area contributed by atoms with Crippen molar-refractivity contribution in [3.8, 4) is 0 Å². The van der Waals surface area contributed by atoms with E-state index < -0.39 is 84.6 Å².